The third kappa shape index (κ3) is 14.1. The van der Waals surface area contributed by atoms with Gasteiger partial charge in [-0.1, -0.05) is 17.7 Å². The Hall–Kier alpha value is -3.94. The van der Waals surface area contributed by atoms with E-state index in [-0.39, 0.29) is 12.1 Å². The molecule has 18 heteroatoms. The fourth-order valence-electron chi connectivity index (χ4n) is 6.90. The first-order valence-corrected chi connectivity index (χ1v) is 20.6. The number of methoxy groups -OCH3 is 1. The van der Waals surface area contributed by atoms with E-state index < -0.39 is 0 Å². The largest absolute Gasteiger partial charge is 0.487 e. The average Bonchev–Trinajstić information content (AvgIpc) is 3.92. The van der Waals surface area contributed by atoms with Gasteiger partial charge in [-0.2, -0.15) is 5.10 Å². The van der Waals surface area contributed by atoms with Crippen LogP contribution in [0.1, 0.15) is 45.1 Å². The summed E-state index contributed by atoms with van der Waals surface area (Å²) in [5.74, 6) is 1.51. The average molecular weight is 828 g/mol. The number of hydrogen-bond donors (Lipinski definition) is 1. The van der Waals surface area contributed by atoms with E-state index >= 15 is 0 Å². The van der Waals surface area contributed by atoms with Gasteiger partial charge in [-0.05, 0) is 50.3 Å². The second-order valence-corrected chi connectivity index (χ2v) is 14.6. The van der Waals surface area contributed by atoms with Gasteiger partial charge in [-0.25, -0.2) is 19.6 Å². The van der Waals surface area contributed by atoms with Crippen LogP contribution in [0.25, 0.3) is 11.1 Å². The van der Waals surface area contributed by atoms with Crippen molar-refractivity contribution in [1.29, 1.82) is 0 Å². The number of halogens is 1. The van der Waals surface area contributed by atoms with E-state index in [4.69, 9.17) is 54.6 Å². The summed E-state index contributed by atoms with van der Waals surface area (Å²) in [6, 6.07) is 6.50. The van der Waals surface area contributed by atoms with Crippen LogP contribution in [-0.2, 0) is 35.0 Å². The zero-order valence-corrected chi connectivity index (χ0v) is 34.5. The molecule has 1 saturated carbocycles. The van der Waals surface area contributed by atoms with E-state index in [0.29, 0.717) is 113 Å². The van der Waals surface area contributed by atoms with Crippen LogP contribution < -0.4 is 14.8 Å². The molecule has 1 aliphatic heterocycles. The number of nitrogens with zero attached hydrogens (tertiary/aromatic N) is 8. The summed E-state index contributed by atoms with van der Waals surface area (Å²) in [6.45, 7) is 11.4. The van der Waals surface area contributed by atoms with Crippen molar-refractivity contribution >= 4 is 23.2 Å². The lowest BCUT2D eigenvalue weighted by molar-refractivity contribution is -0.00844. The van der Waals surface area contributed by atoms with Gasteiger partial charge in [0.25, 0.3) is 5.88 Å². The molecule has 1 N–H and O–H groups in total. The van der Waals surface area contributed by atoms with Gasteiger partial charge < -0.3 is 43.2 Å². The SMILES string of the molecule is COCCOCCOCCOCCOCCCOc1nn(C2CCC(N3CCOCC3)CC2)cc1Nc1ncc(-c2ccc(Cl)c(O[C@@H](C)Cn3cncn3)c2)cn1. The number of morpholine rings is 1. The van der Waals surface area contributed by atoms with Gasteiger partial charge in [0, 0.05) is 57.2 Å². The molecule has 3 aromatic heterocycles. The highest BCUT2D eigenvalue weighted by atomic mass is 35.5. The van der Waals surface area contributed by atoms with Crippen LogP contribution in [0.5, 0.6) is 11.6 Å². The van der Waals surface area contributed by atoms with Crippen molar-refractivity contribution in [2.75, 3.05) is 105 Å². The van der Waals surface area contributed by atoms with Crippen LogP contribution >= 0.6 is 11.6 Å². The van der Waals surface area contributed by atoms with Crippen molar-refractivity contribution < 1.29 is 37.9 Å². The summed E-state index contributed by atoms with van der Waals surface area (Å²) in [7, 11) is 1.65. The quantitative estimate of drug-likeness (QED) is 0.0832. The van der Waals surface area contributed by atoms with Crippen LogP contribution in [0, 0.1) is 0 Å². The van der Waals surface area contributed by atoms with Crippen LogP contribution in [0.2, 0.25) is 5.02 Å². The fourth-order valence-corrected chi connectivity index (χ4v) is 7.06. The first-order valence-electron chi connectivity index (χ1n) is 20.3. The van der Waals surface area contributed by atoms with Crippen LogP contribution in [0.4, 0.5) is 11.6 Å². The molecule has 0 radical (unpaired) electrons. The number of nitrogens with one attached hydrogen (secondary N) is 1. The molecule has 0 spiro atoms. The first kappa shape index (κ1) is 43.6. The molecule has 318 valence electrons. The Morgan fingerprint density at radius 1 is 0.845 bits per heavy atom. The molecule has 17 nitrogen and oxygen atoms in total. The third-order valence-corrected chi connectivity index (χ3v) is 10.2. The van der Waals surface area contributed by atoms with Crippen molar-refractivity contribution in [3.63, 3.8) is 0 Å². The zero-order chi connectivity index (χ0) is 40.2. The van der Waals surface area contributed by atoms with E-state index in [2.05, 4.69) is 30.3 Å². The monoisotopic (exact) mass is 827 g/mol. The molecule has 0 unspecified atom stereocenters. The summed E-state index contributed by atoms with van der Waals surface area (Å²) in [5, 5.41) is 13.0. The maximum atomic E-state index is 6.50. The first-order chi connectivity index (χ1) is 28.6. The summed E-state index contributed by atoms with van der Waals surface area (Å²) in [6.07, 6.45) is 13.6. The predicted molar refractivity (Wildman–Crippen MR) is 217 cm³/mol. The minimum atomic E-state index is -0.180. The van der Waals surface area contributed by atoms with Crippen molar-refractivity contribution in [2.45, 2.75) is 63.8 Å². The van der Waals surface area contributed by atoms with Crippen LogP contribution in [0.15, 0.2) is 49.4 Å². The Kier molecular flexibility index (Phi) is 18.2. The molecular weight excluding hydrogens is 770 g/mol. The molecule has 4 aromatic rings. The second kappa shape index (κ2) is 24.2. The molecule has 1 aliphatic carbocycles. The van der Waals surface area contributed by atoms with Gasteiger partial charge in [-0.15, -0.1) is 5.10 Å². The Balaban J connectivity index is 0.992. The molecule has 1 aromatic carbocycles. The molecule has 2 fully saturated rings. The molecule has 58 heavy (non-hydrogen) atoms. The predicted octanol–water partition coefficient (Wildman–Crippen LogP) is 5.09. The summed E-state index contributed by atoms with van der Waals surface area (Å²) >= 11 is 6.50. The minimum absolute atomic E-state index is 0.180. The molecule has 2 aliphatic rings. The fraction of sp³-hybridized carbons (Fsp3) is 0.625. The summed E-state index contributed by atoms with van der Waals surface area (Å²) in [4.78, 5) is 15.9. The van der Waals surface area contributed by atoms with Crippen LogP contribution in [0.3, 0.4) is 0 Å². The standard InChI is InChI=1S/C40H58ClN9O8/c1-31(27-49-30-42-29-45-49)58-38-24-32(4-9-36(38)41)33-25-43-40(44-26-33)46-37-28-50(35-7-5-34(6-8-35)48-10-14-53-15-11-48)47-39(37)57-13-3-12-52-18-19-55-22-23-56-21-20-54-17-16-51-2/h4,9,24-26,28-31,34-35H,3,5-8,10-23,27H2,1-2H3,(H,43,44,46)/t31-,34?,35?/m0/s1. The molecule has 0 bridgehead atoms. The Labute approximate surface area is 345 Å². The lowest BCUT2D eigenvalue weighted by Gasteiger charge is -2.38. The summed E-state index contributed by atoms with van der Waals surface area (Å²) in [5.41, 5.74) is 2.41. The minimum Gasteiger partial charge on any atom is -0.487 e. The highest BCUT2D eigenvalue weighted by molar-refractivity contribution is 6.32. The molecule has 0 amide bonds. The van der Waals surface area contributed by atoms with Gasteiger partial charge in [0.15, 0.2) is 0 Å². The smallest absolute Gasteiger partial charge is 0.256 e. The molecule has 1 saturated heterocycles. The van der Waals surface area contributed by atoms with Gasteiger partial charge in [0.1, 0.15) is 30.2 Å². The number of ether oxygens (including phenoxy) is 8. The van der Waals surface area contributed by atoms with E-state index in [9.17, 15) is 0 Å². The maximum Gasteiger partial charge on any atom is 0.256 e. The topological polar surface area (TPSA) is 163 Å². The molecule has 1 atom stereocenters. The van der Waals surface area contributed by atoms with Gasteiger partial charge in [-0.3, -0.25) is 9.58 Å². The number of aromatic nitrogens is 7. The number of hydrogen-bond acceptors (Lipinski definition) is 15. The van der Waals surface area contributed by atoms with E-state index in [1.54, 1.807) is 30.5 Å². The number of anilines is 2. The van der Waals surface area contributed by atoms with Crippen LogP contribution in [-0.4, -0.2) is 151 Å². The van der Waals surface area contributed by atoms with E-state index in [0.717, 1.165) is 63.1 Å². The Morgan fingerprint density at radius 3 is 2.19 bits per heavy atom. The number of rotatable bonds is 26. The van der Waals surface area contributed by atoms with Crippen molar-refractivity contribution in [2.24, 2.45) is 0 Å². The lowest BCUT2D eigenvalue weighted by Crippen LogP contribution is -2.45. The molecular formula is C40H58ClN9O8. The van der Waals surface area contributed by atoms with Gasteiger partial charge in [0.2, 0.25) is 5.95 Å². The van der Waals surface area contributed by atoms with Crippen molar-refractivity contribution in [3.8, 4) is 22.8 Å². The zero-order valence-electron chi connectivity index (χ0n) is 33.7. The van der Waals surface area contributed by atoms with E-state index in [1.807, 2.05) is 36.0 Å². The normalized spacial score (nSPS) is 18.0. The lowest BCUT2D eigenvalue weighted by atomic mass is 9.90. The Bertz CT molecular complexity index is 1720. The summed E-state index contributed by atoms with van der Waals surface area (Å²) < 4.78 is 48.9. The third-order valence-electron chi connectivity index (χ3n) is 9.92. The van der Waals surface area contributed by atoms with Gasteiger partial charge in [0.05, 0.1) is 96.5 Å². The highest BCUT2D eigenvalue weighted by Gasteiger charge is 2.29. The van der Waals surface area contributed by atoms with Gasteiger partial charge >= 0.3 is 0 Å². The Morgan fingerprint density at radius 2 is 1.52 bits per heavy atom. The second-order valence-electron chi connectivity index (χ2n) is 14.2. The number of benzene rings is 1. The maximum absolute atomic E-state index is 6.50. The molecule has 4 heterocycles. The van der Waals surface area contributed by atoms with E-state index in [1.165, 1.54) is 6.33 Å². The van der Waals surface area contributed by atoms with Crippen molar-refractivity contribution in [3.05, 3.63) is 54.5 Å². The highest BCUT2D eigenvalue weighted by Crippen LogP contribution is 2.35. The van der Waals surface area contributed by atoms with Crippen molar-refractivity contribution in [1.82, 2.24) is 39.4 Å². The molecule has 6 rings (SSSR count).